The van der Waals surface area contributed by atoms with E-state index in [0.29, 0.717) is 0 Å². The number of nitrogens with zero attached hydrogens (tertiary/aromatic N) is 2. The molecule has 0 N–H and O–H groups in total. The number of hydrogen-bond acceptors (Lipinski definition) is 2. The first-order chi connectivity index (χ1) is 32.2. The summed E-state index contributed by atoms with van der Waals surface area (Å²) in [4.78, 5) is 9.18. The number of aromatic nitrogens is 2. The van der Waals surface area contributed by atoms with Crippen LogP contribution in [0.5, 0.6) is 0 Å². The normalized spacial score (nSPS) is 13.7. The molecule has 0 aliphatic heterocycles. The van der Waals surface area contributed by atoms with Gasteiger partial charge in [0.25, 0.3) is 0 Å². The molecule has 10 aromatic rings. The molecule has 12 rings (SSSR count). The van der Waals surface area contributed by atoms with Crippen LogP contribution in [0, 0.1) is 0 Å². The van der Waals surface area contributed by atoms with Gasteiger partial charge in [0.05, 0.1) is 11.4 Å². The Labute approximate surface area is 388 Å². The lowest BCUT2D eigenvalue weighted by atomic mass is 9.80. The van der Waals surface area contributed by atoms with Crippen molar-refractivity contribution in [2.24, 2.45) is 0 Å². The fraction of sp³-hybridized carbons (Fsp3) is 0.0938. The molecule has 8 aromatic carbocycles. The second kappa shape index (κ2) is 15.4. The van der Waals surface area contributed by atoms with Crippen LogP contribution in [0.15, 0.2) is 219 Å². The van der Waals surface area contributed by atoms with Crippen LogP contribution in [0.25, 0.3) is 100 Å². The molecular weight excluding hydrogens is 797 g/mol. The maximum absolute atomic E-state index is 4.59. The van der Waals surface area contributed by atoms with Crippen LogP contribution in [0.3, 0.4) is 0 Å². The molecule has 2 nitrogen and oxygen atoms in total. The van der Waals surface area contributed by atoms with Gasteiger partial charge in [0.2, 0.25) is 0 Å². The Kier molecular flexibility index (Phi) is 9.22. The SMILES string of the molecule is CC1(C)c2cc(-c3ccc(-c4ccc(-c5ccc6c(c5)C(C)(C)c5cc(-c7cccc(-c8ccccn8)c7)ccc5-6)cc4)cc3)ccc2-c2ccc(-c3cccc(-c4ccccn4)c3)cc21. The summed E-state index contributed by atoms with van der Waals surface area (Å²) in [6.45, 7) is 9.47. The molecule has 2 heteroatoms. The maximum Gasteiger partial charge on any atom is 0.0702 e. The summed E-state index contributed by atoms with van der Waals surface area (Å²) in [5.41, 5.74) is 27.0. The first kappa shape index (κ1) is 39.6. The highest BCUT2D eigenvalue weighted by Gasteiger charge is 2.37. The highest BCUT2D eigenvalue weighted by Crippen LogP contribution is 2.52. The third-order valence-electron chi connectivity index (χ3n) is 14.4. The minimum absolute atomic E-state index is 0.132. The van der Waals surface area contributed by atoms with E-state index in [9.17, 15) is 0 Å². The van der Waals surface area contributed by atoms with Crippen LogP contribution in [-0.4, -0.2) is 9.97 Å². The minimum Gasteiger partial charge on any atom is -0.256 e. The van der Waals surface area contributed by atoms with Crippen molar-refractivity contribution in [1.29, 1.82) is 0 Å². The molecule has 2 aromatic heterocycles. The Morgan fingerprint density at radius 3 is 0.833 bits per heavy atom. The molecule has 2 aliphatic rings. The van der Waals surface area contributed by atoms with Crippen LogP contribution >= 0.6 is 0 Å². The summed E-state index contributed by atoms with van der Waals surface area (Å²) < 4.78 is 0. The van der Waals surface area contributed by atoms with E-state index in [-0.39, 0.29) is 10.8 Å². The van der Waals surface area contributed by atoms with Crippen molar-refractivity contribution in [3.8, 4) is 100 Å². The molecule has 0 radical (unpaired) electrons. The van der Waals surface area contributed by atoms with Crippen LogP contribution in [0.2, 0.25) is 0 Å². The monoisotopic (exact) mass is 844 g/mol. The second-order valence-corrected chi connectivity index (χ2v) is 19.0. The van der Waals surface area contributed by atoms with Gasteiger partial charge in [0.15, 0.2) is 0 Å². The fourth-order valence-corrected chi connectivity index (χ4v) is 10.7. The zero-order chi connectivity index (χ0) is 44.6. The highest BCUT2D eigenvalue weighted by molar-refractivity contribution is 5.88. The quantitative estimate of drug-likeness (QED) is 0.160. The fourth-order valence-electron chi connectivity index (χ4n) is 10.7. The molecule has 0 fully saturated rings. The standard InChI is InChI=1S/C64H48N2/c1-63(2)57-37-47(25-29-53(57)55-31-27-49(39-59(55)63)45-11-9-13-51(35-45)61-15-5-7-33-65-61)43-21-17-41(18-22-43)42-19-23-44(24-20-42)48-26-30-54-56-32-28-50(40-60(56)64(3,4)58(54)38-48)46-12-10-14-52(36-46)62-16-6-8-34-66-62/h5-40H,1-4H3. The zero-order valence-electron chi connectivity index (χ0n) is 37.7. The van der Waals surface area contributed by atoms with E-state index in [0.717, 1.165) is 22.5 Å². The van der Waals surface area contributed by atoms with Gasteiger partial charge in [-0.05, 0) is 161 Å². The molecule has 2 aliphatic carbocycles. The number of hydrogen-bond donors (Lipinski definition) is 0. The lowest BCUT2D eigenvalue weighted by Gasteiger charge is -2.23. The van der Waals surface area contributed by atoms with E-state index in [4.69, 9.17) is 0 Å². The Bertz CT molecular complexity index is 3250. The molecule has 314 valence electrons. The highest BCUT2D eigenvalue weighted by atomic mass is 14.7. The van der Waals surface area contributed by atoms with E-state index in [1.165, 1.54) is 100 Å². The Balaban J connectivity index is 0.767. The molecule has 66 heavy (non-hydrogen) atoms. The van der Waals surface area contributed by atoms with Gasteiger partial charge in [-0.2, -0.15) is 0 Å². The molecule has 0 unspecified atom stereocenters. The number of rotatable bonds is 7. The smallest absolute Gasteiger partial charge is 0.0702 e. The summed E-state index contributed by atoms with van der Waals surface area (Å²) in [5.74, 6) is 0. The molecular formula is C64H48N2. The van der Waals surface area contributed by atoms with E-state index >= 15 is 0 Å². The Morgan fingerprint density at radius 1 is 0.242 bits per heavy atom. The molecule has 0 saturated carbocycles. The molecule has 0 saturated heterocycles. The van der Waals surface area contributed by atoms with Crippen LogP contribution in [-0.2, 0) is 10.8 Å². The second-order valence-electron chi connectivity index (χ2n) is 19.0. The van der Waals surface area contributed by atoms with Crippen molar-refractivity contribution < 1.29 is 0 Å². The van der Waals surface area contributed by atoms with Crippen LogP contribution < -0.4 is 0 Å². The predicted octanol–water partition coefficient (Wildman–Crippen LogP) is 16.8. The van der Waals surface area contributed by atoms with Crippen molar-refractivity contribution >= 4 is 0 Å². The van der Waals surface area contributed by atoms with Gasteiger partial charge >= 0.3 is 0 Å². The largest absolute Gasteiger partial charge is 0.256 e. The van der Waals surface area contributed by atoms with Crippen LogP contribution in [0.4, 0.5) is 0 Å². The van der Waals surface area contributed by atoms with Crippen molar-refractivity contribution in [3.63, 3.8) is 0 Å². The topological polar surface area (TPSA) is 25.8 Å². The van der Waals surface area contributed by atoms with Crippen molar-refractivity contribution in [1.82, 2.24) is 9.97 Å². The van der Waals surface area contributed by atoms with Gasteiger partial charge in [-0.3, -0.25) is 9.97 Å². The maximum atomic E-state index is 4.59. The predicted molar refractivity (Wildman–Crippen MR) is 275 cm³/mol. The molecule has 0 bridgehead atoms. The first-order valence-corrected chi connectivity index (χ1v) is 23.0. The third kappa shape index (κ3) is 6.63. The Morgan fingerprint density at radius 2 is 0.515 bits per heavy atom. The van der Waals surface area contributed by atoms with E-state index in [1.807, 2.05) is 36.7 Å². The molecule has 0 spiro atoms. The van der Waals surface area contributed by atoms with Crippen molar-refractivity contribution in [2.75, 3.05) is 0 Å². The minimum atomic E-state index is -0.132. The summed E-state index contributed by atoms with van der Waals surface area (Å²) in [7, 11) is 0. The molecule has 2 heterocycles. The lowest BCUT2D eigenvalue weighted by Crippen LogP contribution is -2.15. The summed E-state index contributed by atoms with van der Waals surface area (Å²) in [6.07, 6.45) is 3.71. The van der Waals surface area contributed by atoms with Gasteiger partial charge in [-0.1, -0.05) is 173 Å². The average molecular weight is 845 g/mol. The van der Waals surface area contributed by atoms with Gasteiger partial charge in [-0.25, -0.2) is 0 Å². The summed E-state index contributed by atoms with van der Waals surface area (Å²) in [6, 6.07) is 75.8. The Hall–Kier alpha value is -7.94. The number of fused-ring (bicyclic) bond motifs is 6. The van der Waals surface area contributed by atoms with Gasteiger partial charge in [0.1, 0.15) is 0 Å². The average Bonchev–Trinajstić information content (AvgIpc) is 3.75. The lowest BCUT2D eigenvalue weighted by molar-refractivity contribution is 0.660. The van der Waals surface area contributed by atoms with Gasteiger partial charge in [-0.15, -0.1) is 0 Å². The van der Waals surface area contributed by atoms with Crippen LogP contribution in [0.1, 0.15) is 49.9 Å². The van der Waals surface area contributed by atoms with Crippen molar-refractivity contribution in [2.45, 2.75) is 38.5 Å². The van der Waals surface area contributed by atoms with E-state index in [2.05, 4.69) is 220 Å². The van der Waals surface area contributed by atoms with E-state index in [1.54, 1.807) is 0 Å². The zero-order valence-corrected chi connectivity index (χ0v) is 37.7. The van der Waals surface area contributed by atoms with E-state index < -0.39 is 0 Å². The number of benzene rings is 8. The van der Waals surface area contributed by atoms with Crippen molar-refractivity contribution in [3.05, 3.63) is 241 Å². The third-order valence-corrected chi connectivity index (χ3v) is 14.4. The summed E-state index contributed by atoms with van der Waals surface area (Å²) in [5, 5.41) is 0. The first-order valence-electron chi connectivity index (χ1n) is 23.0. The number of pyridine rings is 2. The molecule has 0 atom stereocenters. The summed E-state index contributed by atoms with van der Waals surface area (Å²) >= 11 is 0. The molecule has 0 amide bonds. The van der Waals surface area contributed by atoms with Gasteiger partial charge in [0, 0.05) is 34.4 Å². The van der Waals surface area contributed by atoms with Gasteiger partial charge < -0.3 is 0 Å².